The molecule has 1 aromatic carbocycles. The van der Waals surface area contributed by atoms with Gasteiger partial charge in [-0.2, -0.15) is 0 Å². The number of carbonyl (C=O) groups excluding carboxylic acids is 1. The predicted octanol–water partition coefficient (Wildman–Crippen LogP) is 3.50. The van der Waals surface area contributed by atoms with Gasteiger partial charge in [-0.05, 0) is 20.9 Å². The van der Waals surface area contributed by atoms with Gasteiger partial charge < -0.3 is 0 Å². The lowest BCUT2D eigenvalue weighted by Crippen LogP contribution is -1.96. The third-order valence-corrected chi connectivity index (χ3v) is 3.01. The predicted molar refractivity (Wildman–Crippen MR) is 56.7 cm³/mol. The zero-order valence-corrected chi connectivity index (χ0v) is 9.30. The quantitative estimate of drug-likeness (QED) is 0.602. The first-order chi connectivity index (χ1) is 5.75. The molecule has 0 radical (unpaired) electrons. The van der Waals surface area contributed by atoms with Crippen LogP contribution in [0.1, 0.15) is 10.4 Å². The van der Waals surface area contributed by atoms with Crippen LogP contribution in [0.5, 0.6) is 0 Å². The summed E-state index contributed by atoms with van der Waals surface area (Å²) in [5.41, 5.74) is 0.681. The molecule has 0 spiro atoms. The number of carbonyl (C=O) groups is 1. The van der Waals surface area contributed by atoms with E-state index >= 15 is 0 Å². The molecule has 62 valence electrons. The van der Waals surface area contributed by atoms with Crippen molar-refractivity contribution < 1.29 is 4.79 Å². The largest absolute Gasteiger partial charge is 0.288 e. The van der Waals surface area contributed by atoms with Crippen LogP contribution in [0.3, 0.4) is 0 Å². The van der Waals surface area contributed by atoms with Gasteiger partial charge in [0.1, 0.15) is 0 Å². The molecule has 0 unspecified atom stereocenters. The average Bonchev–Trinajstić information content (AvgIpc) is 2.17. The molecule has 0 amide bonds. The third-order valence-electron chi connectivity index (χ3n) is 1.35. The maximum Gasteiger partial charge on any atom is 0.200 e. The summed E-state index contributed by atoms with van der Waals surface area (Å²) in [6.07, 6.45) is 0. The molecule has 0 aromatic heterocycles. The van der Waals surface area contributed by atoms with E-state index in [-0.39, 0.29) is 5.78 Å². The highest BCUT2D eigenvalue weighted by Crippen LogP contribution is 2.14. The molecule has 0 aliphatic carbocycles. The van der Waals surface area contributed by atoms with E-state index in [0.717, 1.165) is 0 Å². The molecule has 1 nitrogen and oxygen atoms in total. The number of benzene rings is 1. The van der Waals surface area contributed by atoms with Crippen molar-refractivity contribution in [3.05, 3.63) is 45.4 Å². The number of halogens is 2. The molecule has 0 aliphatic heterocycles. The summed E-state index contributed by atoms with van der Waals surface area (Å²) in [7, 11) is 0. The second kappa shape index (κ2) is 4.58. The second-order valence-corrected chi connectivity index (χ2v) is 3.46. The van der Waals surface area contributed by atoms with Crippen LogP contribution in [0.2, 0.25) is 0 Å². The van der Waals surface area contributed by atoms with Gasteiger partial charge in [0.25, 0.3) is 0 Å². The fourth-order valence-corrected chi connectivity index (χ4v) is 1.21. The Morgan fingerprint density at radius 1 is 1.25 bits per heavy atom. The van der Waals surface area contributed by atoms with Crippen molar-refractivity contribution >= 4 is 37.6 Å². The highest BCUT2D eigenvalue weighted by atomic mass is 79.9. The van der Waals surface area contributed by atoms with E-state index < -0.39 is 0 Å². The van der Waals surface area contributed by atoms with Gasteiger partial charge in [0.2, 0.25) is 0 Å². The molecule has 1 aromatic rings. The number of Topliss-reactive ketones (excluding diaryl/α,β-unsaturated/α-hetero) is 1. The monoisotopic (exact) mass is 288 g/mol. The molecule has 0 atom stereocenters. The summed E-state index contributed by atoms with van der Waals surface area (Å²) in [4.78, 5) is 13.0. The summed E-state index contributed by atoms with van der Waals surface area (Å²) in [6, 6.07) is 9.10. The minimum atomic E-state index is -0.0209. The van der Waals surface area contributed by atoms with E-state index in [1.165, 1.54) is 0 Å². The van der Waals surface area contributed by atoms with Crippen LogP contribution in [0, 0.1) is 0 Å². The first-order valence-corrected chi connectivity index (χ1v) is 5.02. The molecule has 0 fully saturated rings. The third kappa shape index (κ3) is 2.29. The number of hydrogen-bond donors (Lipinski definition) is 0. The Balaban J connectivity index is 2.94. The number of allylic oxidation sites excluding steroid dienone is 1. The Hall–Kier alpha value is -0.410. The standard InChI is InChI=1S/C9H6Br2O/c10-6-8(11)9(12)7-4-2-1-3-5-7/h1-6H/b8-6-. The van der Waals surface area contributed by atoms with Crippen LogP contribution in [0.4, 0.5) is 0 Å². The Morgan fingerprint density at radius 3 is 2.33 bits per heavy atom. The van der Waals surface area contributed by atoms with Crippen molar-refractivity contribution in [2.45, 2.75) is 0 Å². The van der Waals surface area contributed by atoms with E-state index in [4.69, 9.17) is 0 Å². The average molecular weight is 290 g/mol. The lowest BCUT2D eigenvalue weighted by atomic mass is 10.1. The van der Waals surface area contributed by atoms with Crippen LogP contribution < -0.4 is 0 Å². The zero-order valence-electron chi connectivity index (χ0n) is 6.13. The number of ketones is 1. The fourth-order valence-electron chi connectivity index (χ4n) is 0.777. The summed E-state index contributed by atoms with van der Waals surface area (Å²) >= 11 is 6.23. The van der Waals surface area contributed by atoms with Crippen molar-refractivity contribution in [2.24, 2.45) is 0 Å². The molecule has 0 bridgehead atoms. The summed E-state index contributed by atoms with van der Waals surface area (Å²) in [5.74, 6) is -0.0209. The minimum absolute atomic E-state index is 0.0209. The van der Waals surface area contributed by atoms with Crippen LogP contribution in [-0.2, 0) is 0 Å². The van der Waals surface area contributed by atoms with Gasteiger partial charge in [-0.25, -0.2) is 0 Å². The van der Waals surface area contributed by atoms with Crippen LogP contribution in [-0.4, -0.2) is 5.78 Å². The molecule has 0 saturated heterocycles. The molecule has 12 heavy (non-hydrogen) atoms. The van der Waals surface area contributed by atoms with Crippen LogP contribution in [0.15, 0.2) is 39.8 Å². The van der Waals surface area contributed by atoms with E-state index in [9.17, 15) is 4.79 Å². The Kier molecular flexibility index (Phi) is 3.69. The maximum absolute atomic E-state index is 11.4. The maximum atomic E-state index is 11.4. The van der Waals surface area contributed by atoms with Crippen LogP contribution >= 0.6 is 31.9 Å². The van der Waals surface area contributed by atoms with E-state index in [2.05, 4.69) is 31.9 Å². The zero-order chi connectivity index (χ0) is 8.97. The van der Waals surface area contributed by atoms with Gasteiger partial charge in [0.15, 0.2) is 5.78 Å². The molecule has 0 N–H and O–H groups in total. The smallest absolute Gasteiger partial charge is 0.200 e. The SMILES string of the molecule is O=C(/C(Br)=C/Br)c1ccccc1. The summed E-state index contributed by atoms with van der Waals surface area (Å²) in [5, 5.41) is 0. The summed E-state index contributed by atoms with van der Waals surface area (Å²) < 4.78 is 0.522. The first kappa shape index (κ1) is 9.68. The normalized spacial score (nSPS) is 11.3. The van der Waals surface area contributed by atoms with Crippen molar-refractivity contribution in [1.82, 2.24) is 0 Å². The number of hydrogen-bond acceptors (Lipinski definition) is 1. The van der Waals surface area contributed by atoms with Gasteiger partial charge in [0, 0.05) is 5.56 Å². The van der Waals surface area contributed by atoms with Crippen molar-refractivity contribution in [3.63, 3.8) is 0 Å². The molecule has 0 saturated carbocycles. The molecule has 0 aliphatic rings. The Bertz CT molecular complexity index is 304. The van der Waals surface area contributed by atoms with Gasteiger partial charge in [-0.1, -0.05) is 46.3 Å². The Labute approximate surface area is 87.7 Å². The molecule has 3 heteroatoms. The van der Waals surface area contributed by atoms with Gasteiger partial charge >= 0.3 is 0 Å². The van der Waals surface area contributed by atoms with Gasteiger partial charge in [-0.3, -0.25) is 4.79 Å². The molecular weight excluding hydrogens is 284 g/mol. The molecular formula is C9H6Br2O. The minimum Gasteiger partial charge on any atom is -0.288 e. The first-order valence-electron chi connectivity index (χ1n) is 3.31. The van der Waals surface area contributed by atoms with Gasteiger partial charge in [-0.15, -0.1) is 0 Å². The highest BCUT2D eigenvalue weighted by Gasteiger charge is 2.06. The lowest BCUT2D eigenvalue weighted by Gasteiger charge is -1.96. The molecule has 1 rings (SSSR count). The lowest BCUT2D eigenvalue weighted by molar-refractivity contribution is 0.104. The van der Waals surface area contributed by atoms with E-state index in [0.29, 0.717) is 10.0 Å². The van der Waals surface area contributed by atoms with Crippen molar-refractivity contribution in [3.8, 4) is 0 Å². The van der Waals surface area contributed by atoms with Crippen LogP contribution in [0.25, 0.3) is 0 Å². The van der Waals surface area contributed by atoms with Crippen molar-refractivity contribution in [1.29, 1.82) is 0 Å². The second-order valence-electron chi connectivity index (χ2n) is 2.15. The van der Waals surface area contributed by atoms with E-state index in [1.807, 2.05) is 18.2 Å². The topological polar surface area (TPSA) is 17.1 Å². The van der Waals surface area contributed by atoms with Gasteiger partial charge in [0.05, 0.1) is 4.48 Å². The Morgan fingerprint density at radius 2 is 1.83 bits per heavy atom. The fraction of sp³-hybridized carbons (Fsp3) is 0. The number of rotatable bonds is 2. The summed E-state index contributed by atoms with van der Waals surface area (Å²) in [6.45, 7) is 0. The molecule has 0 heterocycles. The van der Waals surface area contributed by atoms with E-state index in [1.54, 1.807) is 17.1 Å². The van der Waals surface area contributed by atoms with Crippen molar-refractivity contribution in [2.75, 3.05) is 0 Å². The highest BCUT2D eigenvalue weighted by molar-refractivity contribution is 9.14.